The van der Waals surface area contributed by atoms with Gasteiger partial charge in [-0.3, -0.25) is 4.79 Å². The maximum atomic E-state index is 12.9. The molecule has 0 aliphatic carbocycles. The average molecular weight is 415 g/mol. The summed E-state index contributed by atoms with van der Waals surface area (Å²) < 4.78 is 27.3. The van der Waals surface area contributed by atoms with Crippen molar-refractivity contribution in [2.45, 2.75) is 50.5 Å². The van der Waals surface area contributed by atoms with E-state index in [9.17, 15) is 13.2 Å². The lowest BCUT2D eigenvalue weighted by molar-refractivity contribution is -0.126. The number of nitrogens with zero attached hydrogens (tertiary/aromatic N) is 1. The van der Waals surface area contributed by atoms with Crippen molar-refractivity contribution in [3.8, 4) is 0 Å². The summed E-state index contributed by atoms with van der Waals surface area (Å²) in [6, 6.07) is 17.1. The molecular weight excluding hydrogens is 384 g/mol. The minimum atomic E-state index is -3.57. The molecule has 0 saturated carbocycles. The summed E-state index contributed by atoms with van der Waals surface area (Å²) in [6.07, 6.45) is 3.17. The number of piperidine rings is 1. The Labute approximate surface area is 174 Å². The predicted octanol–water partition coefficient (Wildman–Crippen LogP) is 3.53. The fourth-order valence-electron chi connectivity index (χ4n) is 3.69. The summed E-state index contributed by atoms with van der Waals surface area (Å²) in [4.78, 5) is 13.0. The number of benzene rings is 2. The molecule has 3 rings (SSSR count). The minimum Gasteiger partial charge on any atom is -0.353 e. The Hall–Kier alpha value is -2.18. The Morgan fingerprint density at radius 3 is 2.52 bits per heavy atom. The SMILES string of the molecule is Cc1ccc(S(=O)(=O)N2CCC[C@@H](C(=O)N[C@H](C)CCc3ccccc3)C2)cc1. The minimum absolute atomic E-state index is 0.0469. The van der Waals surface area contributed by atoms with Crippen LogP contribution in [0.3, 0.4) is 0 Å². The maximum Gasteiger partial charge on any atom is 0.243 e. The van der Waals surface area contributed by atoms with Gasteiger partial charge >= 0.3 is 0 Å². The number of hydrogen-bond donors (Lipinski definition) is 1. The van der Waals surface area contributed by atoms with Crippen LogP contribution in [0.15, 0.2) is 59.5 Å². The van der Waals surface area contributed by atoms with Gasteiger partial charge in [0.2, 0.25) is 15.9 Å². The number of nitrogens with one attached hydrogen (secondary N) is 1. The number of aryl methyl sites for hydroxylation is 2. The molecule has 2 aromatic rings. The van der Waals surface area contributed by atoms with Crippen LogP contribution in [0.1, 0.15) is 37.3 Å². The lowest BCUT2D eigenvalue weighted by Gasteiger charge is -2.32. The van der Waals surface area contributed by atoms with E-state index in [0.29, 0.717) is 17.9 Å². The second kappa shape index (κ2) is 9.55. The van der Waals surface area contributed by atoms with E-state index < -0.39 is 10.0 Å². The standard InChI is InChI=1S/C23H30N2O3S/c1-18-10-14-22(15-11-18)29(27,28)25-16-6-9-21(17-25)23(26)24-19(2)12-13-20-7-4-3-5-8-20/h3-5,7-8,10-11,14-15,19,21H,6,9,12-13,16-17H2,1-2H3,(H,24,26)/t19-,21-/m1/s1. The van der Waals surface area contributed by atoms with Gasteiger partial charge in [-0.05, 0) is 57.2 Å². The molecule has 5 nitrogen and oxygen atoms in total. The zero-order chi connectivity index (χ0) is 20.9. The molecule has 1 heterocycles. The second-order valence-corrected chi connectivity index (χ2v) is 9.89. The molecule has 1 N–H and O–H groups in total. The Bertz CT molecular complexity index is 911. The van der Waals surface area contributed by atoms with Gasteiger partial charge in [0, 0.05) is 19.1 Å². The lowest BCUT2D eigenvalue weighted by Crippen LogP contribution is -2.47. The van der Waals surface area contributed by atoms with Gasteiger partial charge < -0.3 is 5.32 Å². The van der Waals surface area contributed by atoms with Crippen molar-refractivity contribution in [1.82, 2.24) is 9.62 Å². The van der Waals surface area contributed by atoms with Gasteiger partial charge in [-0.25, -0.2) is 8.42 Å². The Kier molecular flexibility index (Phi) is 7.09. The average Bonchev–Trinajstić information content (AvgIpc) is 2.73. The van der Waals surface area contributed by atoms with Crippen molar-refractivity contribution in [3.05, 3.63) is 65.7 Å². The monoisotopic (exact) mass is 414 g/mol. The molecule has 6 heteroatoms. The van der Waals surface area contributed by atoms with E-state index in [0.717, 1.165) is 24.8 Å². The summed E-state index contributed by atoms with van der Waals surface area (Å²) >= 11 is 0. The summed E-state index contributed by atoms with van der Waals surface area (Å²) in [5.74, 6) is -0.350. The Morgan fingerprint density at radius 2 is 1.83 bits per heavy atom. The molecule has 0 bridgehead atoms. The van der Waals surface area contributed by atoms with Gasteiger partial charge in [0.25, 0.3) is 0 Å². The highest BCUT2D eigenvalue weighted by molar-refractivity contribution is 7.89. The van der Waals surface area contributed by atoms with Gasteiger partial charge in [-0.2, -0.15) is 4.31 Å². The van der Waals surface area contributed by atoms with Crippen molar-refractivity contribution in [2.24, 2.45) is 5.92 Å². The van der Waals surface area contributed by atoms with Gasteiger partial charge in [-0.15, -0.1) is 0 Å². The first-order chi connectivity index (χ1) is 13.9. The van der Waals surface area contributed by atoms with Gasteiger partial charge in [0.15, 0.2) is 0 Å². The molecule has 2 aromatic carbocycles. The normalized spacial score (nSPS) is 18.9. The second-order valence-electron chi connectivity index (χ2n) is 7.95. The van der Waals surface area contributed by atoms with E-state index in [-0.39, 0.29) is 24.4 Å². The van der Waals surface area contributed by atoms with Crippen LogP contribution >= 0.6 is 0 Å². The highest BCUT2D eigenvalue weighted by atomic mass is 32.2. The third-order valence-electron chi connectivity index (χ3n) is 5.51. The molecule has 1 fully saturated rings. The van der Waals surface area contributed by atoms with E-state index in [1.807, 2.05) is 32.0 Å². The van der Waals surface area contributed by atoms with E-state index in [2.05, 4.69) is 17.4 Å². The molecule has 29 heavy (non-hydrogen) atoms. The molecule has 1 amide bonds. The zero-order valence-corrected chi connectivity index (χ0v) is 18.0. The molecule has 1 aliphatic rings. The zero-order valence-electron chi connectivity index (χ0n) is 17.2. The van der Waals surface area contributed by atoms with Crippen LogP contribution < -0.4 is 5.32 Å². The summed E-state index contributed by atoms with van der Waals surface area (Å²) in [6.45, 7) is 4.64. The quantitative estimate of drug-likeness (QED) is 0.754. The first-order valence-electron chi connectivity index (χ1n) is 10.3. The highest BCUT2D eigenvalue weighted by Gasteiger charge is 2.33. The van der Waals surface area contributed by atoms with Crippen molar-refractivity contribution in [1.29, 1.82) is 0 Å². The number of sulfonamides is 1. The number of rotatable bonds is 7. The van der Waals surface area contributed by atoms with Crippen LogP contribution in [0.25, 0.3) is 0 Å². The van der Waals surface area contributed by atoms with Crippen LogP contribution in [0.5, 0.6) is 0 Å². The van der Waals surface area contributed by atoms with Crippen LogP contribution in [-0.2, 0) is 21.2 Å². The number of amides is 1. The van der Waals surface area contributed by atoms with Crippen LogP contribution in [0.2, 0.25) is 0 Å². The van der Waals surface area contributed by atoms with Crippen LogP contribution in [-0.4, -0.2) is 37.8 Å². The van der Waals surface area contributed by atoms with E-state index in [1.54, 1.807) is 24.3 Å². The Balaban J connectivity index is 1.56. The topological polar surface area (TPSA) is 66.5 Å². The fourth-order valence-corrected chi connectivity index (χ4v) is 5.22. The first kappa shape index (κ1) is 21.5. The summed E-state index contributed by atoms with van der Waals surface area (Å²) in [5.41, 5.74) is 2.27. The lowest BCUT2D eigenvalue weighted by atomic mass is 9.98. The number of carbonyl (C=O) groups is 1. The molecular formula is C23H30N2O3S. The van der Waals surface area contributed by atoms with Crippen molar-refractivity contribution in [2.75, 3.05) is 13.1 Å². The van der Waals surface area contributed by atoms with Crippen molar-refractivity contribution < 1.29 is 13.2 Å². The van der Waals surface area contributed by atoms with Crippen LogP contribution in [0, 0.1) is 12.8 Å². The molecule has 156 valence electrons. The van der Waals surface area contributed by atoms with Gasteiger partial charge in [0.05, 0.1) is 10.8 Å². The third kappa shape index (κ3) is 5.67. The van der Waals surface area contributed by atoms with Crippen LogP contribution in [0.4, 0.5) is 0 Å². The largest absolute Gasteiger partial charge is 0.353 e. The van der Waals surface area contributed by atoms with Crippen molar-refractivity contribution in [3.63, 3.8) is 0 Å². The smallest absolute Gasteiger partial charge is 0.243 e. The summed E-state index contributed by atoms with van der Waals surface area (Å²) in [7, 11) is -3.57. The van der Waals surface area contributed by atoms with E-state index in [1.165, 1.54) is 9.87 Å². The fraction of sp³-hybridized carbons (Fsp3) is 0.435. The van der Waals surface area contributed by atoms with Gasteiger partial charge in [0.1, 0.15) is 0 Å². The predicted molar refractivity (Wildman–Crippen MR) is 115 cm³/mol. The molecule has 0 radical (unpaired) electrons. The maximum absolute atomic E-state index is 12.9. The van der Waals surface area contributed by atoms with E-state index in [4.69, 9.17) is 0 Å². The molecule has 0 spiro atoms. The van der Waals surface area contributed by atoms with Gasteiger partial charge in [-0.1, -0.05) is 48.0 Å². The third-order valence-corrected chi connectivity index (χ3v) is 7.39. The molecule has 1 saturated heterocycles. The summed E-state index contributed by atoms with van der Waals surface area (Å²) in [5, 5.41) is 3.08. The molecule has 1 aliphatic heterocycles. The molecule has 2 atom stereocenters. The first-order valence-corrected chi connectivity index (χ1v) is 11.7. The molecule has 0 aromatic heterocycles. The van der Waals surface area contributed by atoms with Crippen molar-refractivity contribution >= 4 is 15.9 Å². The van der Waals surface area contributed by atoms with E-state index >= 15 is 0 Å². The highest BCUT2D eigenvalue weighted by Crippen LogP contribution is 2.24. The number of carbonyl (C=O) groups excluding carboxylic acids is 1. The number of hydrogen-bond acceptors (Lipinski definition) is 3. The Morgan fingerprint density at radius 1 is 1.14 bits per heavy atom. The molecule has 0 unspecified atom stereocenters.